The number of rotatable bonds is 4. The highest BCUT2D eigenvalue weighted by molar-refractivity contribution is 6.58. The Bertz CT molecular complexity index is 307. The van der Waals surface area contributed by atoms with E-state index in [1.54, 1.807) is 12.1 Å². The van der Waals surface area contributed by atoms with Crippen molar-refractivity contribution in [3.8, 4) is 0 Å². The lowest BCUT2D eigenvalue weighted by Crippen LogP contribution is -2.23. The predicted molar refractivity (Wildman–Crippen MR) is 48.0 cm³/mol. The van der Waals surface area contributed by atoms with Crippen molar-refractivity contribution in [3.05, 3.63) is 29.0 Å². The lowest BCUT2D eigenvalue weighted by Gasteiger charge is -2.13. The molecule has 1 aromatic rings. The lowest BCUT2D eigenvalue weighted by atomic mass is 9.95. The van der Waals surface area contributed by atoms with Crippen LogP contribution in [0.25, 0.3) is 0 Å². The van der Waals surface area contributed by atoms with Crippen molar-refractivity contribution in [3.63, 3.8) is 0 Å². The van der Waals surface area contributed by atoms with E-state index < -0.39 is 13.5 Å². The molecule has 0 atom stereocenters. The summed E-state index contributed by atoms with van der Waals surface area (Å²) in [7, 11) is 0. The highest BCUT2D eigenvalue weighted by atomic mass is 35.5. The third-order valence-corrected chi connectivity index (χ3v) is 1.74. The maximum Gasteiger partial charge on any atom is 0.503 e. The van der Waals surface area contributed by atoms with Crippen LogP contribution in [0.3, 0.4) is 0 Å². The Morgan fingerprint density at radius 2 is 2.14 bits per heavy atom. The highest BCUT2D eigenvalue weighted by Crippen LogP contribution is 2.14. The third kappa shape index (κ3) is 3.98. The van der Waals surface area contributed by atoms with Crippen molar-refractivity contribution in [2.45, 2.75) is 6.61 Å². The molecule has 0 aliphatic heterocycles. The summed E-state index contributed by atoms with van der Waals surface area (Å²) in [6.07, 6.45) is 1.46. The number of hydrogen-bond acceptors (Lipinski definition) is 2. The topological polar surface area (TPSA) is 22.1 Å². The Balaban J connectivity index is 2.43. The average molecular weight is 224 g/mol. The summed E-state index contributed by atoms with van der Waals surface area (Å²) in [5, 5.41) is 0.169. The summed E-state index contributed by atoms with van der Waals surface area (Å²) in [5.41, 5.74) is 0.453. The molecule has 0 N–H and O–H groups in total. The van der Waals surface area contributed by atoms with Crippen LogP contribution in [0, 0.1) is 0 Å². The lowest BCUT2D eigenvalue weighted by molar-refractivity contribution is 0.137. The Hall–Kier alpha value is -0.745. The molecule has 0 fully saturated rings. The average Bonchev–Trinajstić information content (AvgIpc) is 2.06. The van der Waals surface area contributed by atoms with Gasteiger partial charge in [-0.3, -0.25) is 0 Å². The molecular weight excluding hydrogens is 217 g/mol. The van der Waals surface area contributed by atoms with Crippen LogP contribution in [0.5, 0.6) is 0 Å². The second-order valence-corrected chi connectivity index (χ2v) is 3.04. The first-order valence-electron chi connectivity index (χ1n) is 3.87. The van der Waals surface area contributed by atoms with Crippen LogP contribution in [0.4, 0.5) is 12.9 Å². The van der Waals surface area contributed by atoms with Gasteiger partial charge >= 0.3 is 6.98 Å². The number of nitrogens with zero attached hydrogens (tertiary/aromatic N) is 1. The molecule has 0 spiro atoms. The molecule has 0 bridgehead atoms. The van der Waals surface area contributed by atoms with Crippen LogP contribution in [-0.4, -0.2) is 18.5 Å². The van der Waals surface area contributed by atoms with Crippen molar-refractivity contribution in [2.24, 2.45) is 0 Å². The van der Waals surface area contributed by atoms with Gasteiger partial charge in [-0.25, -0.2) is 4.98 Å². The minimum atomic E-state index is -4.90. The molecule has 1 heterocycles. The minimum Gasteiger partial charge on any atom is -0.447 e. The molecule has 1 rings (SSSR count). The van der Waals surface area contributed by atoms with Gasteiger partial charge in [0.2, 0.25) is 0 Å². The van der Waals surface area contributed by atoms with E-state index in [-0.39, 0.29) is 11.8 Å². The normalized spacial score (nSPS) is 11.7. The van der Waals surface area contributed by atoms with Gasteiger partial charge in [0.1, 0.15) is 5.15 Å². The van der Waals surface area contributed by atoms with Gasteiger partial charge in [-0.2, -0.15) is 0 Å². The van der Waals surface area contributed by atoms with Crippen molar-refractivity contribution >= 4 is 18.6 Å². The van der Waals surface area contributed by atoms with Crippen LogP contribution < -0.4 is 0 Å². The van der Waals surface area contributed by atoms with Gasteiger partial charge in [-0.15, -0.1) is 0 Å². The Kier molecular flexibility index (Phi) is 3.77. The zero-order chi connectivity index (χ0) is 10.6. The molecule has 1 aromatic heterocycles. The standard InChI is InChI=1S/C7H7BClF3NO/c9-7-6(2-1-3-13-7)4-14-5-8(10,11)12/h1-3H,4-5H2/q-1. The molecule has 78 valence electrons. The van der Waals surface area contributed by atoms with Crippen LogP contribution in [0.2, 0.25) is 5.15 Å². The van der Waals surface area contributed by atoms with E-state index in [4.69, 9.17) is 11.6 Å². The van der Waals surface area contributed by atoms with Crippen LogP contribution in [-0.2, 0) is 11.3 Å². The molecule has 0 radical (unpaired) electrons. The van der Waals surface area contributed by atoms with E-state index in [2.05, 4.69) is 9.72 Å². The zero-order valence-electron chi connectivity index (χ0n) is 7.09. The maximum atomic E-state index is 11.7. The molecule has 0 amide bonds. The summed E-state index contributed by atoms with van der Waals surface area (Å²) in [6, 6.07) is 3.15. The van der Waals surface area contributed by atoms with Gasteiger partial charge in [0.05, 0.1) is 6.61 Å². The molecule has 2 nitrogen and oxygen atoms in total. The quantitative estimate of drug-likeness (QED) is 0.579. The van der Waals surface area contributed by atoms with Crippen molar-refractivity contribution in [1.29, 1.82) is 0 Å². The smallest absolute Gasteiger partial charge is 0.447 e. The number of ether oxygens (including phenoxy) is 1. The Morgan fingerprint density at radius 3 is 2.71 bits per heavy atom. The Morgan fingerprint density at radius 1 is 1.43 bits per heavy atom. The Labute approximate surface area is 84.1 Å². The third-order valence-electron chi connectivity index (χ3n) is 1.40. The van der Waals surface area contributed by atoms with E-state index >= 15 is 0 Å². The first-order chi connectivity index (χ1) is 6.49. The van der Waals surface area contributed by atoms with Gasteiger partial charge in [0.15, 0.2) is 0 Å². The molecule has 0 aliphatic carbocycles. The number of pyridine rings is 1. The van der Waals surface area contributed by atoms with Gasteiger partial charge in [0.25, 0.3) is 0 Å². The SMILES string of the molecule is F[B-](F)(F)COCc1cccnc1Cl. The molecule has 0 aromatic carbocycles. The largest absolute Gasteiger partial charge is 0.503 e. The summed E-state index contributed by atoms with van der Waals surface area (Å²) < 4.78 is 39.7. The minimum absolute atomic E-state index is 0.169. The maximum absolute atomic E-state index is 11.7. The van der Waals surface area contributed by atoms with Crippen LogP contribution >= 0.6 is 11.6 Å². The van der Waals surface area contributed by atoms with E-state index in [1.165, 1.54) is 6.20 Å². The summed E-state index contributed by atoms with van der Waals surface area (Å²) in [6.45, 7) is -6.29. The van der Waals surface area contributed by atoms with Crippen LogP contribution in [0.1, 0.15) is 5.56 Å². The summed E-state index contributed by atoms with van der Waals surface area (Å²) >= 11 is 5.61. The summed E-state index contributed by atoms with van der Waals surface area (Å²) in [4.78, 5) is 3.70. The van der Waals surface area contributed by atoms with Crippen molar-refractivity contribution < 1.29 is 17.7 Å². The molecule has 0 saturated carbocycles. The monoisotopic (exact) mass is 224 g/mol. The second kappa shape index (κ2) is 4.66. The van der Waals surface area contributed by atoms with E-state index in [0.717, 1.165) is 0 Å². The molecule has 14 heavy (non-hydrogen) atoms. The predicted octanol–water partition coefficient (Wildman–Crippen LogP) is 2.64. The summed E-state index contributed by atoms with van der Waals surface area (Å²) in [5.74, 6) is 0. The van der Waals surface area contributed by atoms with E-state index in [9.17, 15) is 12.9 Å². The van der Waals surface area contributed by atoms with Crippen molar-refractivity contribution in [1.82, 2.24) is 4.98 Å². The van der Waals surface area contributed by atoms with Crippen LogP contribution in [0.15, 0.2) is 18.3 Å². The van der Waals surface area contributed by atoms with Gasteiger partial charge in [-0.05, 0) is 6.07 Å². The highest BCUT2D eigenvalue weighted by Gasteiger charge is 2.23. The molecular formula is C7H7BClF3NO-. The fourth-order valence-corrected chi connectivity index (χ4v) is 1.00. The molecule has 7 heteroatoms. The fraction of sp³-hybridized carbons (Fsp3) is 0.286. The number of hydrogen-bond donors (Lipinski definition) is 0. The van der Waals surface area contributed by atoms with Gasteiger partial charge in [0, 0.05) is 18.3 Å². The number of aromatic nitrogens is 1. The zero-order valence-corrected chi connectivity index (χ0v) is 7.85. The van der Waals surface area contributed by atoms with Gasteiger partial charge < -0.3 is 17.7 Å². The van der Waals surface area contributed by atoms with Crippen molar-refractivity contribution in [2.75, 3.05) is 6.51 Å². The first-order valence-corrected chi connectivity index (χ1v) is 4.25. The first kappa shape index (κ1) is 11.3. The van der Waals surface area contributed by atoms with E-state index in [0.29, 0.717) is 5.56 Å². The molecule has 0 saturated heterocycles. The molecule has 0 aliphatic rings. The second-order valence-electron chi connectivity index (χ2n) is 2.68. The van der Waals surface area contributed by atoms with Gasteiger partial charge in [-0.1, -0.05) is 17.7 Å². The number of halogens is 4. The van der Waals surface area contributed by atoms with E-state index in [1.807, 2.05) is 0 Å². The fourth-order valence-electron chi connectivity index (χ4n) is 0.830. The molecule has 0 unspecified atom stereocenters.